The van der Waals surface area contributed by atoms with Crippen molar-refractivity contribution in [2.75, 3.05) is 7.11 Å². The third kappa shape index (κ3) is 3.08. The van der Waals surface area contributed by atoms with Crippen LogP contribution < -0.4 is 0 Å². The van der Waals surface area contributed by atoms with Crippen molar-refractivity contribution in [2.45, 2.75) is 25.1 Å². The average molecular weight is 327 g/mol. The summed E-state index contributed by atoms with van der Waals surface area (Å²) >= 11 is 0. The van der Waals surface area contributed by atoms with E-state index in [0.29, 0.717) is 0 Å². The van der Waals surface area contributed by atoms with Crippen LogP contribution in [0.1, 0.15) is 12.0 Å². The Bertz CT molecular complexity index is 722. The number of ether oxygens (including phenoxy) is 2. The molecular formula is C18H17NO5. The molecule has 6 nitrogen and oxygen atoms in total. The number of carbonyl (C=O) groups excluding carboxylic acids is 3. The topological polar surface area (TPSA) is 72.9 Å². The number of benzene rings is 1. The molecule has 1 aromatic rings. The van der Waals surface area contributed by atoms with Gasteiger partial charge in [0, 0.05) is 6.42 Å². The maximum atomic E-state index is 12.5. The molecule has 2 aliphatic rings. The van der Waals surface area contributed by atoms with Crippen molar-refractivity contribution in [1.29, 1.82) is 0 Å². The number of hydrogen-bond donors (Lipinski definition) is 0. The molecule has 1 amide bonds. The lowest BCUT2D eigenvalue weighted by Gasteiger charge is -2.30. The second-order valence-corrected chi connectivity index (χ2v) is 5.60. The van der Waals surface area contributed by atoms with E-state index in [4.69, 9.17) is 9.47 Å². The van der Waals surface area contributed by atoms with Gasteiger partial charge in [-0.15, -0.1) is 0 Å². The Morgan fingerprint density at radius 2 is 1.96 bits per heavy atom. The van der Waals surface area contributed by atoms with E-state index in [9.17, 15) is 14.4 Å². The van der Waals surface area contributed by atoms with Gasteiger partial charge in [0.05, 0.1) is 13.2 Å². The summed E-state index contributed by atoms with van der Waals surface area (Å²) in [7, 11) is 1.26. The molecule has 0 fully saturated rings. The van der Waals surface area contributed by atoms with Gasteiger partial charge in [-0.25, -0.2) is 9.59 Å². The summed E-state index contributed by atoms with van der Waals surface area (Å²) in [6, 6.07) is 7.87. The first-order chi connectivity index (χ1) is 11.6. The highest BCUT2D eigenvalue weighted by Crippen LogP contribution is 2.31. The third-order valence-corrected chi connectivity index (χ3v) is 4.09. The molecule has 24 heavy (non-hydrogen) atoms. The van der Waals surface area contributed by atoms with Crippen LogP contribution in [0.2, 0.25) is 0 Å². The number of allylic oxidation sites excluding steroid dienone is 1. The van der Waals surface area contributed by atoms with Crippen molar-refractivity contribution in [1.82, 2.24) is 4.90 Å². The lowest BCUT2D eigenvalue weighted by atomic mass is 9.97. The van der Waals surface area contributed by atoms with Crippen LogP contribution in [0.15, 0.2) is 54.1 Å². The number of rotatable bonds is 3. The van der Waals surface area contributed by atoms with Gasteiger partial charge in [-0.3, -0.25) is 9.69 Å². The normalized spacial score (nSPS) is 22.0. The van der Waals surface area contributed by atoms with Gasteiger partial charge in [0.2, 0.25) is 0 Å². The van der Waals surface area contributed by atoms with E-state index in [1.807, 2.05) is 30.3 Å². The number of hydrogen-bond acceptors (Lipinski definition) is 5. The van der Waals surface area contributed by atoms with E-state index >= 15 is 0 Å². The van der Waals surface area contributed by atoms with Crippen molar-refractivity contribution >= 4 is 17.8 Å². The zero-order valence-electron chi connectivity index (χ0n) is 13.2. The monoisotopic (exact) mass is 327 g/mol. The largest absolute Gasteiger partial charge is 0.467 e. The molecule has 1 aliphatic heterocycles. The van der Waals surface area contributed by atoms with E-state index < -0.39 is 24.1 Å². The molecule has 6 heteroatoms. The smallest absolute Gasteiger partial charge is 0.411 e. The molecule has 0 N–H and O–H groups in total. The fourth-order valence-corrected chi connectivity index (χ4v) is 2.90. The highest BCUT2D eigenvalue weighted by Gasteiger charge is 2.44. The van der Waals surface area contributed by atoms with Crippen LogP contribution in [0.5, 0.6) is 0 Å². The number of ketones is 1. The molecule has 3 rings (SSSR count). The van der Waals surface area contributed by atoms with Gasteiger partial charge < -0.3 is 9.47 Å². The van der Waals surface area contributed by atoms with Gasteiger partial charge in [0.25, 0.3) is 0 Å². The Kier molecular flexibility index (Phi) is 4.46. The molecule has 1 aromatic carbocycles. The fraction of sp³-hybridized carbons (Fsp3) is 0.278. The van der Waals surface area contributed by atoms with Gasteiger partial charge in [-0.05, 0) is 23.3 Å². The summed E-state index contributed by atoms with van der Waals surface area (Å²) in [5, 5.41) is 0. The number of esters is 1. The van der Waals surface area contributed by atoms with E-state index in [1.165, 1.54) is 18.1 Å². The van der Waals surface area contributed by atoms with E-state index in [0.717, 1.165) is 11.1 Å². The highest BCUT2D eigenvalue weighted by molar-refractivity contribution is 5.95. The quantitative estimate of drug-likeness (QED) is 0.794. The lowest BCUT2D eigenvalue weighted by molar-refractivity contribution is -0.144. The zero-order chi connectivity index (χ0) is 17.1. The Hall–Kier alpha value is -2.89. The first-order valence-corrected chi connectivity index (χ1v) is 7.59. The van der Waals surface area contributed by atoms with Gasteiger partial charge in [0.1, 0.15) is 6.61 Å². The van der Waals surface area contributed by atoms with Crippen LogP contribution in [0, 0.1) is 0 Å². The van der Waals surface area contributed by atoms with Gasteiger partial charge in [-0.1, -0.05) is 36.4 Å². The van der Waals surface area contributed by atoms with E-state index in [-0.39, 0.29) is 18.8 Å². The molecule has 0 spiro atoms. The van der Waals surface area contributed by atoms with Gasteiger partial charge >= 0.3 is 12.1 Å². The summed E-state index contributed by atoms with van der Waals surface area (Å²) in [6.07, 6.45) is 4.22. The third-order valence-electron chi connectivity index (χ3n) is 4.09. The summed E-state index contributed by atoms with van der Waals surface area (Å²) in [5.74, 6) is -0.655. The summed E-state index contributed by atoms with van der Waals surface area (Å²) in [6.45, 7) is 0.0932. The molecule has 0 aromatic heterocycles. The van der Waals surface area contributed by atoms with Crippen LogP contribution in [-0.4, -0.2) is 41.9 Å². The van der Waals surface area contributed by atoms with Crippen molar-refractivity contribution in [3.05, 3.63) is 59.7 Å². The summed E-state index contributed by atoms with van der Waals surface area (Å²) < 4.78 is 10.1. The Morgan fingerprint density at radius 1 is 1.21 bits per heavy atom. The number of nitrogens with zero attached hydrogens (tertiary/aromatic N) is 1. The Labute approximate surface area is 139 Å². The predicted octanol–water partition coefficient (Wildman–Crippen LogP) is 2.00. The number of amides is 1. The van der Waals surface area contributed by atoms with Gasteiger partial charge in [0.15, 0.2) is 11.8 Å². The number of methoxy groups -OCH3 is 1. The molecule has 1 unspecified atom stereocenters. The van der Waals surface area contributed by atoms with Crippen molar-refractivity contribution in [2.24, 2.45) is 0 Å². The Balaban J connectivity index is 1.77. The van der Waals surface area contributed by atoms with E-state index in [2.05, 4.69) is 0 Å². The van der Waals surface area contributed by atoms with Crippen LogP contribution in [0.25, 0.3) is 0 Å². The maximum Gasteiger partial charge on any atom is 0.411 e. The molecule has 2 atom stereocenters. The maximum absolute atomic E-state index is 12.5. The summed E-state index contributed by atoms with van der Waals surface area (Å²) in [4.78, 5) is 37.5. The van der Waals surface area contributed by atoms with Crippen molar-refractivity contribution < 1.29 is 23.9 Å². The second-order valence-electron chi connectivity index (χ2n) is 5.60. The van der Waals surface area contributed by atoms with Gasteiger partial charge in [-0.2, -0.15) is 0 Å². The van der Waals surface area contributed by atoms with Crippen LogP contribution in [0.4, 0.5) is 4.79 Å². The molecule has 0 bridgehead atoms. The fourth-order valence-electron chi connectivity index (χ4n) is 2.90. The lowest BCUT2D eigenvalue weighted by Crippen LogP contribution is -2.47. The standard InChI is InChI=1S/C18H17NO5/c1-23-17(21)16-9-13-7-8-14(20)10-15(13)19(16)18(22)24-11-12-5-3-2-4-6-12/h2-9,15-16H,10-11H2,1H3/t15?,16-/m0/s1. The molecule has 0 saturated carbocycles. The minimum Gasteiger partial charge on any atom is -0.467 e. The molecule has 124 valence electrons. The van der Waals surface area contributed by atoms with Crippen LogP contribution in [0.3, 0.4) is 0 Å². The van der Waals surface area contributed by atoms with Crippen molar-refractivity contribution in [3.63, 3.8) is 0 Å². The minimum atomic E-state index is -0.881. The Morgan fingerprint density at radius 3 is 2.67 bits per heavy atom. The second kappa shape index (κ2) is 6.70. The SMILES string of the molecule is COC(=O)[C@@H]1C=C2C=CC(=O)CC2N1C(=O)OCc1ccccc1. The van der Waals surface area contributed by atoms with Crippen molar-refractivity contribution in [3.8, 4) is 0 Å². The predicted molar refractivity (Wildman–Crippen MR) is 84.9 cm³/mol. The number of fused-ring (bicyclic) bond motifs is 1. The molecule has 0 radical (unpaired) electrons. The minimum absolute atomic E-state index is 0.0932. The van der Waals surface area contributed by atoms with Crippen LogP contribution >= 0.6 is 0 Å². The molecule has 0 saturated heterocycles. The first-order valence-electron chi connectivity index (χ1n) is 7.59. The number of carbonyl (C=O) groups is 3. The van der Waals surface area contributed by atoms with E-state index in [1.54, 1.807) is 12.2 Å². The summed E-state index contributed by atoms with van der Waals surface area (Å²) in [5.41, 5.74) is 1.59. The molecular weight excluding hydrogens is 310 g/mol. The average Bonchev–Trinajstić information content (AvgIpc) is 2.98. The van der Waals surface area contributed by atoms with Crippen LogP contribution in [-0.2, 0) is 25.7 Å². The molecule has 1 heterocycles. The first kappa shape index (κ1) is 16.0. The zero-order valence-corrected chi connectivity index (χ0v) is 13.2. The molecule has 1 aliphatic carbocycles. The highest BCUT2D eigenvalue weighted by atomic mass is 16.6.